The normalized spacial score (nSPS) is 13.5. The Kier molecular flexibility index (Phi) is 10.8. The summed E-state index contributed by atoms with van der Waals surface area (Å²) in [5, 5.41) is 0.697. The number of nitrogens with zero attached hydrogens (tertiary/aromatic N) is 1. The Bertz CT molecular complexity index is 1430. The number of benzene rings is 2. The van der Waals surface area contributed by atoms with E-state index in [0.29, 0.717) is 29.6 Å². The van der Waals surface area contributed by atoms with Gasteiger partial charge in [0, 0.05) is 34.5 Å². The number of aromatic nitrogens is 1. The number of carbonyl (C=O) groups excluding carboxylic acids is 1. The SMILES string of the molecule is C=C(C)C(=O)OCC(C)(COc1ccc2cc(-c3ccc(CCCCC)cc3OC(F)(F)F)n(CC)c2c1)CC(F)(F)F. The molecule has 1 aromatic heterocycles. The number of esters is 1. The molecule has 43 heavy (non-hydrogen) atoms. The van der Waals surface area contributed by atoms with Gasteiger partial charge < -0.3 is 18.8 Å². The van der Waals surface area contributed by atoms with Gasteiger partial charge in [0.2, 0.25) is 0 Å². The molecule has 1 atom stereocenters. The molecule has 1 heterocycles. The topological polar surface area (TPSA) is 49.7 Å². The second-order valence-electron chi connectivity index (χ2n) is 11.1. The van der Waals surface area contributed by atoms with Crippen molar-refractivity contribution in [3.8, 4) is 22.8 Å². The van der Waals surface area contributed by atoms with Crippen LogP contribution in [0.1, 0.15) is 58.9 Å². The first-order chi connectivity index (χ1) is 20.0. The average Bonchev–Trinajstić information content (AvgIpc) is 3.26. The predicted octanol–water partition coefficient (Wildman–Crippen LogP) is 9.42. The molecule has 0 aliphatic heterocycles. The van der Waals surface area contributed by atoms with Gasteiger partial charge in [-0.3, -0.25) is 0 Å². The summed E-state index contributed by atoms with van der Waals surface area (Å²) in [5.74, 6) is -0.849. The van der Waals surface area contributed by atoms with Crippen molar-refractivity contribution < 1.29 is 45.3 Å². The number of rotatable bonds is 14. The highest BCUT2D eigenvalue weighted by molar-refractivity contribution is 5.89. The Morgan fingerprint density at radius 3 is 2.28 bits per heavy atom. The smallest absolute Gasteiger partial charge is 0.493 e. The lowest BCUT2D eigenvalue weighted by atomic mass is 9.88. The van der Waals surface area contributed by atoms with Crippen molar-refractivity contribution in [1.29, 1.82) is 0 Å². The molecule has 2 aromatic carbocycles. The second-order valence-corrected chi connectivity index (χ2v) is 11.1. The lowest BCUT2D eigenvalue weighted by Crippen LogP contribution is -2.36. The standard InChI is InChI=1S/C32H37F6NO4/c1-6-8-9-10-22-11-14-25(28(15-22)43-32(36,37)38)27-16-23-12-13-24(17-26(23)39(27)7-2)41-19-30(5,18-31(33,34)35)20-42-29(40)21(3)4/h11-17H,3,6-10,18-20H2,1-2,4-5H3. The van der Waals surface area contributed by atoms with Crippen molar-refractivity contribution >= 4 is 16.9 Å². The summed E-state index contributed by atoms with van der Waals surface area (Å²) in [6.07, 6.45) is -7.26. The molecule has 0 radical (unpaired) electrons. The second kappa shape index (κ2) is 13.8. The predicted molar refractivity (Wildman–Crippen MR) is 153 cm³/mol. The highest BCUT2D eigenvalue weighted by Crippen LogP contribution is 2.39. The minimum Gasteiger partial charge on any atom is -0.493 e. The summed E-state index contributed by atoms with van der Waals surface area (Å²) in [5.41, 5.74) is 0.579. The molecule has 0 saturated heterocycles. The number of ether oxygens (including phenoxy) is 3. The van der Waals surface area contributed by atoms with Gasteiger partial charge in [0.25, 0.3) is 0 Å². The van der Waals surface area contributed by atoms with E-state index in [1.54, 1.807) is 41.0 Å². The molecular weight excluding hydrogens is 576 g/mol. The van der Waals surface area contributed by atoms with Gasteiger partial charge in [-0.25, -0.2) is 4.79 Å². The van der Waals surface area contributed by atoms with Crippen molar-refractivity contribution in [3.63, 3.8) is 0 Å². The molecule has 0 N–H and O–H groups in total. The molecule has 11 heteroatoms. The Morgan fingerprint density at radius 1 is 0.953 bits per heavy atom. The molecule has 0 aliphatic rings. The first kappa shape index (κ1) is 33.9. The first-order valence-corrected chi connectivity index (χ1v) is 14.1. The summed E-state index contributed by atoms with van der Waals surface area (Å²) in [6.45, 7) is 9.46. The summed E-state index contributed by atoms with van der Waals surface area (Å²) in [6, 6.07) is 11.5. The van der Waals surface area contributed by atoms with Gasteiger partial charge in [-0.2, -0.15) is 13.2 Å². The zero-order valence-electron chi connectivity index (χ0n) is 24.8. The van der Waals surface area contributed by atoms with Crippen molar-refractivity contribution in [2.45, 2.75) is 78.9 Å². The number of alkyl halides is 6. The molecule has 0 bridgehead atoms. The van der Waals surface area contributed by atoms with Crippen LogP contribution in [0.15, 0.2) is 54.6 Å². The summed E-state index contributed by atoms with van der Waals surface area (Å²) >= 11 is 0. The van der Waals surface area contributed by atoms with Crippen LogP contribution in [0.5, 0.6) is 11.5 Å². The van der Waals surface area contributed by atoms with Gasteiger partial charge in [-0.15, -0.1) is 13.2 Å². The lowest BCUT2D eigenvalue weighted by molar-refractivity contribution is -0.274. The minimum atomic E-state index is -4.89. The van der Waals surface area contributed by atoms with E-state index in [1.165, 1.54) is 19.9 Å². The first-order valence-electron chi connectivity index (χ1n) is 14.1. The van der Waals surface area contributed by atoms with Crippen LogP contribution in [0.4, 0.5) is 26.3 Å². The quantitative estimate of drug-likeness (QED) is 0.0787. The van der Waals surface area contributed by atoms with E-state index in [9.17, 15) is 31.1 Å². The van der Waals surface area contributed by atoms with E-state index >= 15 is 0 Å². The van der Waals surface area contributed by atoms with Gasteiger partial charge in [0.1, 0.15) is 18.1 Å². The molecule has 3 aromatic rings. The largest absolute Gasteiger partial charge is 0.573 e. The maximum Gasteiger partial charge on any atom is 0.573 e. The van der Waals surface area contributed by atoms with Crippen LogP contribution in [0.2, 0.25) is 0 Å². The van der Waals surface area contributed by atoms with Crippen molar-refractivity contribution in [1.82, 2.24) is 4.57 Å². The number of halogens is 6. The Balaban J connectivity index is 1.95. The van der Waals surface area contributed by atoms with Gasteiger partial charge in [0.15, 0.2) is 0 Å². The Morgan fingerprint density at radius 2 is 1.67 bits per heavy atom. The summed E-state index contributed by atoms with van der Waals surface area (Å²) < 4.78 is 97.3. The molecule has 1 unspecified atom stereocenters. The fraction of sp³-hybridized carbons (Fsp3) is 0.469. The van der Waals surface area contributed by atoms with Crippen LogP contribution in [0.3, 0.4) is 0 Å². The molecule has 0 saturated carbocycles. The van der Waals surface area contributed by atoms with Gasteiger partial charge >= 0.3 is 18.5 Å². The van der Waals surface area contributed by atoms with Crippen LogP contribution >= 0.6 is 0 Å². The fourth-order valence-electron chi connectivity index (χ4n) is 4.86. The average molecular weight is 614 g/mol. The van der Waals surface area contributed by atoms with Gasteiger partial charge in [0.05, 0.1) is 24.2 Å². The van der Waals surface area contributed by atoms with Gasteiger partial charge in [-0.05, 0) is 62.6 Å². The highest BCUT2D eigenvalue weighted by atomic mass is 19.4. The third-order valence-corrected chi connectivity index (χ3v) is 6.92. The molecule has 0 spiro atoms. The van der Waals surface area contributed by atoms with Gasteiger partial charge in [-0.1, -0.05) is 39.3 Å². The fourth-order valence-corrected chi connectivity index (χ4v) is 4.86. The van der Waals surface area contributed by atoms with Crippen LogP contribution < -0.4 is 9.47 Å². The number of unbranched alkanes of at least 4 members (excludes halogenated alkanes) is 2. The van der Waals surface area contributed by atoms with E-state index in [0.717, 1.165) is 24.8 Å². The monoisotopic (exact) mass is 613 g/mol. The number of hydrogen-bond acceptors (Lipinski definition) is 4. The van der Waals surface area contributed by atoms with Crippen LogP contribution in [0, 0.1) is 5.41 Å². The number of fused-ring (bicyclic) bond motifs is 1. The van der Waals surface area contributed by atoms with Crippen molar-refractivity contribution in [2.75, 3.05) is 13.2 Å². The lowest BCUT2D eigenvalue weighted by Gasteiger charge is -2.30. The number of hydrogen-bond donors (Lipinski definition) is 0. The van der Waals surface area contributed by atoms with E-state index in [2.05, 4.69) is 11.3 Å². The van der Waals surface area contributed by atoms with E-state index < -0.39 is 43.6 Å². The van der Waals surface area contributed by atoms with E-state index in [4.69, 9.17) is 9.47 Å². The van der Waals surface area contributed by atoms with Crippen LogP contribution in [0.25, 0.3) is 22.2 Å². The Hall–Kier alpha value is -3.63. The van der Waals surface area contributed by atoms with E-state index in [1.807, 2.05) is 13.8 Å². The molecule has 3 rings (SSSR count). The third kappa shape index (κ3) is 9.69. The minimum absolute atomic E-state index is 0.0618. The Labute approximate surface area is 247 Å². The van der Waals surface area contributed by atoms with Crippen LogP contribution in [-0.2, 0) is 22.5 Å². The number of carbonyl (C=O) groups is 1. The summed E-state index contributed by atoms with van der Waals surface area (Å²) in [7, 11) is 0. The maximum absolute atomic E-state index is 13.4. The maximum atomic E-state index is 13.4. The third-order valence-electron chi connectivity index (χ3n) is 6.92. The molecule has 0 aliphatic carbocycles. The molecule has 236 valence electrons. The highest BCUT2D eigenvalue weighted by Gasteiger charge is 2.41. The molecule has 0 amide bonds. The van der Waals surface area contributed by atoms with Crippen molar-refractivity contribution in [2.24, 2.45) is 5.41 Å². The zero-order valence-corrected chi connectivity index (χ0v) is 24.8. The molecular formula is C32H37F6NO4. The van der Waals surface area contributed by atoms with Crippen LogP contribution in [-0.4, -0.2) is 36.3 Å². The molecule has 0 fully saturated rings. The zero-order chi connectivity index (χ0) is 32.0. The molecule has 5 nitrogen and oxygen atoms in total. The number of aryl methyl sites for hydroxylation is 2. The van der Waals surface area contributed by atoms with E-state index in [-0.39, 0.29) is 22.6 Å². The van der Waals surface area contributed by atoms with Crippen molar-refractivity contribution in [3.05, 3.63) is 60.2 Å². The summed E-state index contributed by atoms with van der Waals surface area (Å²) in [4.78, 5) is 11.8.